The maximum Gasteiger partial charge on any atom is 0.198 e. The third-order valence-corrected chi connectivity index (χ3v) is 6.49. The highest BCUT2D eigenvalue weighted by Crippen LogP contribution is 2.36. The lowest BCUT2D eigenvalue weighted by Crippen LogP contribution is -2.29. The summed E-state index contributed by atoms with van der Waals surface area (Å²) in [6.07, 6.45) is 2.27. The quantitative estimate of drug-likeness (QED) is 0.462. The fourth-order valence-electron chi connectivity index (χ4n) is 4.22. The summed E-state index contributed by atoms with van der Waals surface area (Å²) in [5, 5.41) is 2.39. The molecule has 4 nitrogen and oxygen atoms in total. The van der Waals surface area contributed by atoms with Crippen LogP contribution in [-0.4, -0.2) is 42.8 Å². The molecule has 4 rings (SSSR count). The van der Waals surface area contributed by atoms with Gasteiger partial charge in [-0.15, -0.1) is 0 Å². The Morgan fingerprint density at radius 3 is 2.55 bits per heavy atom. The van der Waals surface area contributed by atoms with Gasteiger partial charge in [0.25, 0.3) is 0 Å². The van der Waals surface area contributed by atoms with Gasteiger partial charge in [0.2, 0.25) is 0 Å². The smallest absolute Gasteiger partial charge is 0.198 e. The third-order valence-electron chi connectivity index (χ3n) is 5.69. The number of aromatic nitrogens is 1. The van der Waals surface area contributed by atoms with Crippen LogP contribution in [-0.2, 0) is 6.42 Å². The molecule has 0 amide bonds. The Morgan fingerprint density at radius 1 is 1.06 bits per heavy atom. The van der Waals surface area contributed by atoms with Gasteiger partial charge >= 0.3 is 0 Å². The summed E-state index contributed by atoms with van der Waals surface area (Å²) in [5.74, 6) is 0.116. The summed E-state index contributed by atoms with van der Waals surface area (Å²) >= 11 is 18.8. The van der Waals surface area contributed by atoms with Gasteiger partial charge in [0.1, 0.15) is 0 Å². The van der Waals surface area contributed by atoms with Crippen LogP contribution >= 0.6 is 34.8 Å². The number of hydrogen-bond donors (Lipinski definition) is 1. The molecule has 1 aliphatic carbocycles. The summed E-state index contributed by atoms with van der Waals surface area (Å²) < 4.78 is 0. The highest BCUT2D eigenvalue weighted by atomic mass is 35.5. The van der Waals surface area contributed by atoms with Crippen LogP contribution in [0.2, 0.25) is 15.1 Å². The van der Waals surface area contributed by atoms with E-state index in [1.54, 1.807) is 18.2 Å². The second-order valence-corrected chi connectivity index (χ2v) is 9.53. The summed E-state index contributed by atoms with van der Waals surface area (Å²) in [7, 11) is 4.09. The molecule has 0 saturated heterocycles. The van der Waals surface area contributed by atoms with Crippen molar-refractivity contribution in [3.63, 3.8) is 0 Å². The van der Waals surface area contributed by atoms with Crippen LogP contribution < -0.4 is 5.43 Å². The summed E-state index contributed by atoms with van der Waals surface area (Å²) in [6, 6.07) is 11.0. The van der Waals surface area contributed by atoms with Crippen LogP contribution in [0.4, 0.5) is 0 Å². The van der Waals surface area contributed by atoms with Gasteiger partial charge in [0, 0.05) is 43.9 Å². The van der Waals surface area contributed by atoms with Gasteiger partial charge in [-0.25, -0.2) is 0 Å². The summed E-state index contributed by atoms with van der Waals surface area (Å²) in [6.45, 7) is 1.61. The molecule has 2 aromatic carbocycles. The molecule has 0 spiro atoms. The van der Waals surface area contributed by atoms with Crippen LogP contribution in [0.25, 0.3) is 10.9 Å². The third kappa shape index (κ3) is 4.83. The normalized spacial score (nSPS) is 17.5. The Bertz CT molecular complexity index is 1220. The highest BCUT2D eigenvalue weighted by Gasteiger charge is 2.29. The minimum absolute atomic E-state index is 0.0155. The van der Waals surface area contributed by atoms with Crippen molar-refractivity contribution in [3.05, 3.63) is 78.5 Å². The van der Waals surface area contributed by atoms with E-state index in [-0.39, 0.29) is 11.3 Å². The molecule has 1 heterocycles. The fourth-order valence-corrected chi connectivity index (χ4v) is 4.95. The van der Waals surface area contributed by atoms with Crippen molar-refractivity contribution in [2.75, 3.05) is 27.2 Å². The first kappa shape index (κ1) is 22.3. The molecular weight excluding hydrogens is 453 g/mol. The van der Waals surface area contributed by atoms with E-state index in [4.69, 9.17) is 39.8 Å². The average Bonchev–Trinajstić information content (AvgIpc) is 2.71. The second kappa shape index (κ2) is 9.33. The molecule has 1 aromatic heterocycles. The van der Waals surface area contributed by atoms with Crippen LogP contribution in [0.5, 0.6) is 0 Å². The zero-order valence-corrected chi connectivity index (χ0v) is 19.8. The molecule has 0 radical (unpaired) electrons. The summed E-state index contributed by atoms with van der Waals surface area (Å²) in [4.78, 5) is 23.9. The van der Waals surface area contributed by atoms with Crippen LogP contribution in [0.1, 0.15) is 35.6 Å². The van der Waals surface area contributed by atoms with E-state index < -0.39 is 0 Å². The van der Waals surface area contributed by atoms with Crippen molar-refractivity contribution in [2.24, 2.45) is 4.99 Å². The van der Waals surface area contributed by atoms with Crippen molar-refractivity contribution in [1.29, 1.82) is 0 Å². The van der Waals surface area contributed by atoms with Gasteiger partial charge in [0.05, 0.1) is 5.56 Å². The number of benzene rings is 2. The number of nitrogens with one attached hydrogen (secondary N) is 1. The molecule has 162 valence electrons. The van der Waals surface area contributed by atoms with E-state index in [0.717, 1.165) is 35.5 Å². The van der Waals surface area contributed by atoms with Gasteiger partial charge in [0.15, 0.2) is 5.43 Å². The molecule has 31 heavy (non-hydrogen) atoms. The number of aliphatic imine (C=N–C) groups is 1. The molecule has 0 saturated carbocycles. The fraction of sp³-hybridized carbons (Fsp3) is 0.333. The Kier molecular flexibility index (Phi) is 6.73. The molecule has 0 aliphatic heterocycles. The SMILES string of the molecule is CN(C)CCCN=C1CC(c2ccc(Cl)cc2Cl)Cc2[nH]c3ccc(Cl)cc3c(=O)c21. The molecule has 1 unspecified atom stereocenters. The van der Waals surface area contributed by atoms with Gasteiger partial charge in [-0.3, -0.25) is 9.79 Å². The maximum absolute atomic E-state index is 13.4. The Hall–Kier alpha value is -1.85. The molecule has 1 atom stereocenters. The van der Waals surface area contributed by atoms with E-state index in [9.17, 15) is 4.79 Å². The van der Waals surface area contributed by atoms with E-state index in [2.05, 4.69) is 9.88 Å². The minimum Gasteiger partial charge on any atom is -0.358 e. The van der Waals surface area contributed by atoms with Crippen LogP contribution in [0.3, 0.4) is 0 Å². The average molecular weight is 477 g/mol. The van der Waals surface area contributed by atoms with Gasteiger partial charge in [-0.2, -0.15) is 0 Å². The molecule has 0 fully saturated rings. The van der Waals surface area contributed by atoms with Gasteiger partial charge in [-0.1, -0.05) is 40.9 Å². The van der Waals surface area contributed by atoms with Gasteiger partial charge in [-0.05, 0) is 81.7 Å². The minimum atomic E-state index is -0.0155. The first-order valence-electron chi connectivity index (χ1n) is 10.3. The number of hydrogen-bond acceptors (Lipinski definition) is 3. The van der Waals surface area contributed by atoms with Crippen molar-refractivity contribution in [1.82, 2.24) is 9.88 Å². The number of H-pyrrole nitrogens is 1. The lowest BCUT2D eigenvalue weighted by atomic mass is 9.80. The van der Waals surface area contributed by atoms with E-state index >= 15 is 0 Å². The predicted molar refractivity (Wildman–Crippen MR) is 132 cm³/mol. The van der Waals surface area contributed by atoms with E-state index in [1.165, 1.54) is 0 Å². The zero-order chi connectivity index (χ0) is 22.1. The Balaban J connectivity index is 1.81. The maximum atomic E-state index is 13.4. The topological polar surface area (TPSA) is 48.5 Å². The largest absolute Gasteiger partial charge is 0.358 e. The number of pyridine rings is 1. The van der Waals surface area contributed by atoms with Crippen molar-refractivity contribution in [2.45, 2.75) is 25.2 Å². The van der Waals surface area contributed by atoms with Gasteiger partial charge < -0.3 is 9.88 Å². The Labute approximate surface area is 196 Å². The number of fused-ring (bicyclic) bond motifs is 2. The monoisotopic (exact) mass is 475 g/mol. The molecule has 7 heteroatoms. The number of nitrogens with zero attached hydrogens (tertiary/aromatic N) is 2. The molecular formula is C24H24Cl3N3O. The predicted octanol–water partition coefficient (Wildman–Crippen LogP) is 5.96. The Morgan fingerprint density at radius 2 is 1.81 bits per heavy atom. The number of halogens is 3. The van der Waals surface area contributed by atoms with Crippen molar-refractivity contribution < 1.29 is 0 Å². The molecule has 1 N–H and O–H groups in total. The highest BCUT2D eigenvalue weighted by molar-refractivity contribution is 6.35. The first-order valence-corrected chi connectivity index (χ1v) is 11.4. The van der Waals surface area contributed by atoms with Crippen LogP contribution in [0.15, 0.2) is 46.2 Å². The molecule has 3 aromatic rings. The standard InChI is InChI=1S/C24H24Cl3N3O/c1-30(2)9-3-8-28-21-10-14(17-6-4-16(26)13-19(17)27)11-22-23(21)24(31)18-12-15(25)5-7-20(18)29-22/h4-7,12-14H,3,8-11H2,1-2H3,(H,29,31). The molecule has 0 bridgehead atoms. The summed E-state index contributed by atoms with van der Waals surface area (Å²) in [5.41, 5.74) is 4.20. The number of rotatable bonds is 5. The second-order valence-electron chi connectivity index (χ2n) is 8.25. The van der Waals surface area contributed by atoms with E-state index in [0.29, 0.717) is 45.4 Å². The zero-order valence-electron chi connectivity index (χ0n) is 17.5. The van der Waals surface area contributed by atoms with E-state index in [1.807, 2.05) is 32.3 Å². The van der Waals surface area contributed by atoms with Crippen molar-refractivity contribution >= 4 is 51.4 Å². The van der Waals surface area contributed by atoms with Crippen LogP contribution in [0, 0.1) is 0 Å². The lowest BCUT2D eigenvalue weighted by molar-refractivity contribution is 0.403. The lowest BCUT2D eigenvalue weighted by Gasteiger charge is -2.27. The number of aromatic amines is 1. The van der Waals surface area contributed by atoms with Crippen molar-refractivity contribution in [3.8, 4) is 0 Å². The molecule has 1 aliphatic rings. The first-order chi connectivity index (χ1) is 14.8.